The van der Waals surface area contributed by atoms with Crippen LogP contribution in [0.2, 0.25) is 0 Å². The standard InChI is InChI=1S/C16H25N3OS2/c17-16(18-9-14-7-4-8-20-14)22-11-13-10-21-15(19-13)12-5-2-1-3-6-12/h10,12,14H,1-9,11H2,(H2,17,18)/t14-/m1/s1. The Labute approximate surface area is 140 Å². The van der Waals surface area contributed by atoms with E-state index in [-0.39, 0.29) is 6.10 Å². The largest absolute Gasteiger partial charge is 0.379 e. The number of rotatable bonds is 5. The summed E-state index contributed by atoms with van der Waals surface area (Å²) in [6.07, 6.45) is 9.26. The molecule has 0 bridgehead atoms. The number of thioether (sulfide) groups is 1. The molecular formula is C16H25N3OS2. The first kappa shape index (κ1) is 16.3. The molecule has 1 aromatic rings. The first-order valence-electron chi connectivity index (χ1n) is 8.30. The average Bonchev–Trinajstić information content (AvgIpc) is 3.23. The van der Waals surface area contributed by atoms with Gasteiger partial charge in [-0.3, -0.25) is 4.99 Å². The Balaban J connectivity index is 1.44. The van der Waals surface area contributed by atoms with Crippen molar-refractivity contribution in [3.8, 4) is 0 Å². The van der Waals surface area contributed by atoms with Crippen LogP contribution < -0.4 is 5.73 Å². The molecule has 22 heavy (non-hydrogen) atoms. The van der Waals surface area contributed by atoms with Crippen LogP contribution in [0.3, 0.4) is 0 Å². The molecule has 2 fully saturated rings. The molecule has 1 aromatic heterocycles. The van der Waals surface area contributed by atoms with Crippen molar-refractivity contribution in [2.45, 2.75) is 62.7 Å². The minimum atomic E-state index is 0.274. The van der Waals surface area contributed by atoms with Gasteiger partial charge in [0.15, 0.2) is 5.17 Å². The summed E-state index contributed by atoms with van der Waals surface area (Å²) in [6, 6.07) is 0. The molecule has 2 heterocycles. The molecule has 0 unspecified atom stereocenters. The third kappa shape index (κ3) is 4.70. The lowest BCUT2D eigenvalue weighted by Crippen LogP contribution is -2.14. The lowest BCUT2D eigenvalue weighted by Gasteiger charge is -2.18. The highest BCUT2D eigenvalue weighted by atomic mass is 32.2. The maximum atomic E-state index is 5.98. The molecule has 0 aromatic carbocycles. The second kappa shape index (κ2) is 8.31. The second-order valence-electron chi connectivity index (χ2n) is 6.11. The van der Waals surface area contributed by atoms with Gasteiger partial charge in [-0.25, -0.2) is 4.98 Å². The van der Waals surface area contributed by atoms with E-state index in [9.17, 15) is 0 Å². The molecule has 0 radical (unpaired) electrons. The number of hydrogen-bond donors (Lipinski definition) is 1. The summed E-state index contributed by atoms with van der Waals surface area (Å²) in [5.74, 6) is 1.52. The Morgan fingerprint density at radius 1 is 1.32 bits per heavy atom. The van der Waals surface area contributed by atoms with Crippen molar-refractivity contribution in [1.82, 2.24) is 4.98 Å². The van der Waals surface area contributed by atoms with Gasteiger partial charge < -0.3 is 10.5 Å². The number of aromatic nitrogens is 1. The van der Waals surface area contributed by atoms with Crippen LogP contribution in [0.5, 0.6) is 0 Å². The fraction of sp³-hybridized carbons (Fsp3) is 0.750. The van der Waals surface area contributed by atoms with Crippen molar-refractivity contribution < 1.29 is 4.74 Å². The molecule has 1 aliphatic carbocycles. The van der Waals surface area contributed by atoms with E-state index in [0.717, 1.165) is 30.9 Å². The Hall–Kier alpha value is -0.590. The molecule has 2 aliphatic rings. The molecule has 6 heteroatoms. The molecular weight excluding hydrogens is 314 g/mol. The van der Waals surface area contributed by atoms with E-state index in [1.165, 1.54) is 37.1 Å². The van der Waals surface area contributed by atoms with Crippen LogP contribution in [-0.4, -0.2) is 29.4 Å². The maximum absolute atomic E-state index is 5.98. The van der Waals surface area contributed by atoms with E-state index in [0.29, 0.717) is 17.6 Å². The van der Waals surface area contributed by atoms with Crippen molar-refractivity contribution in [3.63, 3.8) is 0 Å². The van der Waals surface area contributed by atoms with Crippen LogP contribution in [-0.2, 0) is 10.5 Å². The summed E-state index contributed by atoms with van der Waals surface area (Å²) in [4.78, 5) is 9.23. The lowest BCUT2D eigenvalue weighted by atomic mass is 9.90. The summed E-state index contributed by atoms with van der Waals surface area (Å²) in [7, 11) is 0. The highest BCUT2D eigenvalue weighted by molar-refractivity contribution is 8.13. The van der Waals surface area contributed by atoms with Gasteiger partial charge in [-0.05, 0) is 25.7 Å². The Kier molecular flexibility index (Phi) is 6.15. The van der Waals surface area contributed by atoms with Gasteiger partial charge in [-0.2, -0.15) is 0 Å². The zero-order chi connectivity index (χ0) is 15.2. The molecule has 3 rings (SSSR count). The smallest absolute Gasteiger partial charge is 0.154 e. The van der Waals surface area contributed by atoms with E-state index in [4.69, 9.17) is 15.5 Å². The molecule has 0 amide bonds. The van der Waals surface area contributed by atoms with Gasteiger partial charge in [0.2, 0.25) is 0 Å². The van der Waals surface area contributed by atoms with Crippen LogP contribution in [0.25, 0.3) is 0 Å². The average molecular weight is 340 g/mol. The van der Waals surface area contributed by atoms with Crippen LogP contribution >= 0.6 is 23.1 Å². The zero-order valence-corrected chi connectivity index (χ0v) is 14.6. The lowest BCUT2D eigenvalue weighted by molar-refractivity contribution is 0.118. The van der Waals surface area contributed by atoms with E-state index in [1.807, 2.05) is 11.3 Å². The number of nitrogens with zero attached hydrogens (tertiary/aromatic N) is 2. The van der Waals surface area contributed by atoms with Crippen molar-refractivity contribution >= 4 is 28.3 Å². The third-order valence-corrected chi connectivity index (χ3v) is 6.29. The van der Waals surface area contributed by atoms with E-state index in [2.05, 4.69) is 10.4 Å². The molecule has 1 saturated carbocycles. The summed E-state index contributed by atoms with van der Waals surface area (Å²) < 4.78 is 5.55. The van der Waals surface area contributed by atoms with E-state index < -0.39 is 0 Å². The summed E-state index contributed by atoms with van der Waals surface area (Å²) in [6.45, 7) is 1.57. The fourth-order valence-electron chi connectivity index (χ4n) is 3.10. The molecule has 4 nitrogen and oxygen atoms in total. The molecule has 1 atom stereocenters. The van der Waals surface area contributed by atoms with Gasteiger partial charge in [0, 0.05) is 23.7 Å². The molecule has 1 saturated heterocycles. The number of aliphatic imine (C=N–C) groups is 1. The highest BCUT2D eigenvalue weighted by Crippen LogP contribution is 2.34. The van der Waals surface area contributed by atoms with Crippen LogP contribution in [0.15, 0.2) is 10.4 Å². The molecule has 2 N–H and O–H groups in total. The fourth-order valence-corrected chi connectivity index (χ4v) is 4.81. The molecule has 1 aliphatic heterocycles. The van der Waals surface area contributed by atoms with Gasteiger partial charge in [0.05, 0.1) is 23.4 Å². The van der Waals surface area contributed by atoms with Crippen LogP contribution in [0.4, 0.5) is 0 Å². The first-order chi connectivity index (χ1) is 10.8. The Bertz CT molecular complexity index is 491. The van der Waals surface area contributed by atoms with Crippen molar-refractivity contribution in [2.75, 3.05) is 13.2 Å². The summed E-state index contributed by atoms with van der Waals surface area (Å²) in [5.41, 5.74) is 7.13. The van der Waals surface area contributed by atoms with E-state index in [1.54, 1.807) is 11.8 Å². The van der Waals surface area contributed by atoms with Crippen molar-refractivity contribution in [3.05, 3.63) is 16.1 Å². The Morgan fingerprint density at radius 2 is 2.18 bits per heavy atom. The predicted molar refractivity (Wildman–Crippen MR) is 94.7 cm³/mol. The first-order valence-corrected chi connectivity index (χ1v) is 10.2. The SMILES string of the molecule is NC(=NC[C@H]1CCCO1)SCc1csc(C2CCCCC2)n1. The van der Waals surface area contributed by atoms with Gasteiger partial charge in [0.1, 0.15) is 0 Å². The molecule has 0 spiro atoms. The number of ether oxygens (including phenoxy) is 1. The van der Waals surface area contributed by atoms with Crippen LogP contribution in [0, 0.1) is 0 Å². The summed E-state index contributed by atoms with van der Waals surface area (Å²) in [5, 5.41) is 4.16. The van der Waals surface area contributed by atoms with E-state index >= 15 is 0 Å². The summed E-state index contributed by atoms with van der Waals surface area (Å²) >= 11 is 3.41. The van der Waals surface area contributed by atoms with Crippen molar-refractivity contribution in [2.24, 2.45) is 10.7 Å². The predicted octanol–water partition coefficient (Wildman–Crippen LogP) is 3.92. The van der Waals surface area contributed by atoms with Gasteiger partial charge >= 0.3 is 0 Å². The van der Waals surface area contributed by atoms with Gasteiger partial charge in [-0.1, -0.05) is 31.0 Å². The minimum absolute atomic E-state index is 0.274. The monoisotopic (exact) mass is 339 g/mol. The van der Waals surface area contributed by atoms with Crippen LogP contribution in [0.1, 0.15) is 61.6 Å². The van der Waals surface area contributed by atoms with Gasteiger partial charge in [0.25, 0.3) is 0 Å². The second-order valence-corrected chi connectivity index (χ2v) is 8.00. The number of hydrogen-bond acceptors (Lipinski definition) is 5. The minimum Gasteiger partial charge on any atom is -0.379 e. The number of nitrogens with two attached hydrogens (primary N) is 1. The zero-order valence-electron chi connectivity index (χ0n) is 13.0. The quantitative estimate of drug-likeness (QED) is 0.652. The number of amidine groups is 1. The third-order valence-electron chi connectivity index (χ3n) is 4.37. The highest BCUT2D eigenvalue weighted by Gasteiger charge is 2.19. The van der Waals surface area contributed by atoms with Crippen molar-refractivity contribution in [1.29, 1.82) is 0 Å². The Morgan fingerprint density at radius 3 is 2.95 bits per heavy atom. The molecule has 122 valence electrons. The van der Waals surface area contributed by atoms with Gasteiger partial charge in [-0.15, -0.1) is 11.3 Å². The number of thiazole rings is 1. The normalized spacial score (nSPS) is 24.0. The maximum Gasteiger partial charge on any atom is 0.154 e. The topological polar surface area (TPSA) is 60.5 Å².